The fourth-order valence-corrected chi connectivity index (χ4v) is 7.33. The molecule has 0 aromatic heterocycles. The lowest BCUT2D eigenvalue weighted by Gasteiger charge is -2.48. The van der Waals surface area contributed by atoms with Crippen molar-refractivity contribution in [3.05, 3.63) is 0 Å². The Bertz CT molecular complexity index is 655. The van der Waals surface area contributed by atoms with Gasteiger partial charge in [0.15, 0.2) is 0 Å². The van der Waals surface area contributed by atoms with Crippen LogP contribution in [0.3, 0.4) is 0 Å². The summed E-state index contributed by atoms with van der Waals surface area (Å²) in [5, 5.41) is 0. The molecular weight excluding hydrogens is 452 g/mol. The Morgan fingerprint density at radius 3 is 1.36 bits per heavy atom. The van der Waals surface area contributed by atoms with Crippen molar-refractivity contribution in [3.8, 4) is 0 Å². The first-order chi connectivity index (χ1) is 17.0. The van der Waals surface area contributed by atoms with Crippen molar-refractivity contribution in [2.24, 2.45) is 41.4 Å². The third-order valence-corrected chi connectivity index (χ3v) is 10.6. The summed E-state index contributed by atoms with van der Waals surface area (Å²) in [6.45, 7) is 26.4. The van der Waals surface area contributed by atoms with Gasteiger partial charge in [0.2, 0.25) is 0 Å². The molecule has 36 heavy (non-hydrogen) atoms. The van der Waals surface area contributed by atoms with Crippen molar-refractivity contribution in [2.75, 3.05) is 13.2 Å². The fraction of sp³-hybridized carbons (Fsp3) is 1.00. The quantitative estimate of drug-likeness (QED) is 0.343. The third kappa shape index (κ3) is 6.33. The molecule has 0 aromatic rings. The molecule has 0 radical (unpaired) electrons. The van der Waals surface area contributed by atoms with Crippen molar-refractivity contribution < 1.29 is 23.7 Å². The summed E-state index contributed by atoms with van der Waals surface area (Å²) >= 11 is 0. The predicted octanol–water partition coefficient (Wildman–Crippen LogP) is 6.76. The Morgan fingerprint density at radius 2 is 0.806 bits per heavy atom. The van der Waals surface area contributed by atoms with Crippen LogP contribution in [0.2, 0.25) is 0 Å². The van der Waals surface area contributed by atoms with E-state index in [9.17, 15) is 0 Å². The Kier molecular flexibility index (Phi) is 11.2. The van der Waals surface area contributed by atoms with Gasteiger partial charge in [-0.1, -0.05) is 69.2 Å². The van der Waals surface area contributed by atoms with Crippen molar-refractivity contribution in [1.82, 2.24) is 0 Å². The van der Waals surface area contributed by atoms with Gasteiger partial charge in [0.05, 0.1) is 62.0 Å². The van der Waals surface area contributed by atoms with Crippen molar-refractivity contribution in [3.63, 3.8) is 0 Å². The number of hydrogen-bond acceptors (Lipinski definition) is 5. The molecule has 3 fully saturated rings. The van der Waals surface area contributed by atoms with Gasteiger partial charge in [0, 0.05) is 11.8 Å². The lowest BCUT2D eigenvalue weighted by atomic mass is 9.76. The highest BCUT2D eigenvalue weighted by molar-refractivity contribution is 4.92. The lowest BCUT2D eigenvalue weighted by molar-refractivity contribution is -0.233. The van der Waals surface area contributed by atoms with Crippen LogP contribution in [-0.2, 0) is 23.7 Å². The van der Waals surface area contributed by atoms with E-state index in [0.29, 0.717) is 60.9 Å². The smallest absolute Gasteiger partial charge is 0.0864 e. The summed E-state index contributed by atoms with van der Waals surface area (Å²) in [6, 6.07) is 0. The SMILES string of the molecule is CCC1OC(C)[C@H](OC[C@H]2OC(CC)[C@@H](C)[C@H](OC[C@H]3OC(CC)[C@@H](C)[C@H](C)C3C)C2C)[C@@H](C)[C@@H]1C. The predicted molar refractivity (Wildman–Crippen MR) is 146 cm³/mol. The number of hydrogen-bond donors (Lipinski definition) is 0. The summed E-state index contributed by atoms with van der Waals surface area (Å²) in [5.41, 5.74) is 0. The van der Waals surface area contributed by atoms with Crippen LogP contribution in [0.25, 0.3) is 0 Å². The van der Waals surface area contributed by atoms with E-state index < -0.39 is 0 Å². The zero-order chi connectivity index (χ0) is 26.7. The Balaban J connectivity index is 1.63. The third-order valence-electron chi connectivity index (χ3n) is 10.6. The molecule has 15 atom stereocenters. The molecular formula is C31H58O5. The fourth-order valence-electron chi connectivity index (χ4n) is 7.33. The molecule has 6 unspecified atom stereocenters. The molecule has 3 aliphatic rings. The molecule has 3 rings (SSSR count). The summed E-state index contributed by atoms with van der Waals surface area (Å²) in [5.74, 6) is 3.30. The molecule has 212 valence electrons. The van der Waals surface area contributed by atoms with Gasteiger partial charge in [-0.05, 0) is 55.8 Å². The van der Waals surface area contributed by atoms with Crippen molar-refractivity contribution in [2.45, 2.75) is 144 Å². The summed E-state index contributed by atoms with van der Waals surface area (Å²) in [7, 11) is 0. The minimum absolute atomic E-state index is 0.0294. The van der Waals surface area contributed by atoms with E-state index >= 15 is 0 Å². The molecule has 5 nitrogen and oxygen atoms in total. The molecule has 0 spiro atoms. The van der Waals surface area contributed by atoms with E-state index in [2.05, 4.69) is 76.2 Å². The average molecular weight is 511 g/mol. The maximum absolute atomic E-state index is 6.75. The zero-order valence-electron chi connectivity index (χ0n) is 25.2. The van der Waals surface area contributed by atoms with Gasteiger partial charge >= 0.3 is 0 Å². The van der Waals surface area contributed by atoms with E-state index in [1.54, 1.807) is 0 Å². The second-order valence-electron chi connectivity index (χ2n) is 12.6. The first-order valence-corrected chi connectivity index (χ1v) is 15.2. The van der Waals surface area contributed by atoms with Gasteiger partial charge < -0.3 is 23.7 Å². The van der Waals surface area contributed by atoms with E-state index in [1.807, 2.05) is 0 Å². The number of rotatable bonds is 9. The molecule has 3 saturated heterocycles. The Hall–Kier alpha value is -0.200. The second kappa shape index (κ2) is 13.2. The van der Waals surface area contributed by atoms with E-state index in [-0.39, 0.29) is 42.5 Å². The van der Waals surface area contributed by atoms with Gasteiger partial charge in [-0.25, -0.2) is 0 Å². The maximum Gasteiger partial charge on any atom is 0.0864 e. The highest BCUT2D eigenvalue weighted by Crippen LogP contribution is 2.39. The van der Waals surface area contributed by atoms with E-state index in [0.717, 1.165) is 19.3 Å². The minimum Gasteiger partial charge on any atom is -0.375 e. The van der Waals surface area contributed by atoms with E-state index in [4.69, 9.17) is 23.7 Å². The topological polar surface area (TPSA) is 46.2 Å². The average Bonchev–Trinajstić information content (AvgIpc) is 2.86. The largest absolute Gasteiger partial charge is 0.375 e. The van der Waals surface area contributed by atoms with Crippen LogP contribution in [0.4, 0.5) is 0 Å². The molecule has 5 heteroatoms. The second-order valence-corrected chi connectivity index (χ2v) is 12.6. The molecule has 0 amide bonds. The van der Waals surface area contributed by atoms with Gasteiger partial charge in [-0.3, -0.25) is 0 Å². The van der Waals surface area contributed by atoms with E-state index in [1.165, 1.54) is 0 Å². The normalized spacial score (nSPS) is 50.2. The van der Waals surface area contributed by atoms with Gasteiger partial charge in [0.25, 0.3) is 0 Å². The minimum atomic E-state index is 0.0294. The van der Waals surface area contributed by atoms with Gasteiger partial charge in [-0.15, -0.1) is 0 Å². The van der Waals surface area contributed by atoms with Crippen molar-refractivity contribution >= 4 is 0 Å². The molecule has 0 aromatic carbocycles. The van der Waals surface area contributed by atoms with Crippen LogP contribution in [0.15, 0.2) is 0 Å². The van der Waals surface area contributed by atoms with Crippen molar-refractivity contribution in [1.29, 1.82) is 0 Å². The van der Waals surface area contributed by atoms with Crippen LogP contribution in [0, 0.1) is 41.4 Å². The summed E-state index contributed by atoms with van der Waals surface area (Å²) in [6.07, 6.45) is 4.49. The summed E-state index contributed by atoms with van der Waals surface area (Å²) < 4.78 is 32.8. The van der Waals surface area contributed by atoms with Crippen LogP contribution in [0.1, 0.15) is 95.4 Å². The lowest BCUT2D eigenvalue weighted by Crippen LogP contribution is -2.54. The zero-order valence-corrected chi connectivity index (χ0v) is 25.2. The van der Waals surface area contributed by atoms with Gasteiger partial charge in [-0.2, -0.15) is 0 Å². The van der Waals surface area contributed by atoms with Crippen LogP contribution in [-0.4, -0.2) is 62.0 Å². The first kappa shape index (κ1) is 30.3. The van der Waals surface area contributed by atoms with Crippen LogP contribution < -0.4 is 0 Å². The Morgan fingerprint density at radius 1 is 0.417 bits per heavy atom. The standard InChI is InChI=1S/C31H58O5/c1-12-25-20(7)21(8)31(24(11)34-25)33-16-29-23(10)30(22(9)27(14-3)36-29)32-15-28-19(6)17(4)18(5)26(13-2)35-28/h17-31H,12-16H2,1-11H3/t17-,18-,19?,20-,21-,22+,23?,24?,25?,26?,27?,28+,29+,30-,31+/m0/s1. The van der Waals surface area contributed by atoms with Crippen LogP contribution in [0.5, 0.6) is 0 Å². The van der Waals surface area contributed by atoms with Gasteiger partial charge in [0.1, 0.15) is 0 Å². The van der Waals surface area contributed by atoms with Crippen LogP contribution >= 0.6 is 0 Å². The molecule has 0 bridgehead atoms. The maximum atomic E-state index is 6.75. The molecule has 3 heterocycles. The highest BCUT2D eigenvalue weighted by atomic mass is 16.6. The summed E-state index contributed by atoms with van der Waals surface area (Å²) in [4.78, 5) is 0. The molecule has 0 N–H and O–H groups in total. The molecule has 3 aliphatic heterocycles. The molecule has 0 saturated carbocycles. The highest BCUT2D eigenvalue weighted by Gasteiger charge is 2.45. The number of ether oxygens (including phenoxy) is 5. The first-order valence-electron chi connectivity index (χ1n) is 15.2. The molecule has 0 aliphatic carbocycles. The Labute approximate surface area is 222 Å². The monoisotopic (exact) mass is 510 g/mol.